The monoisotopic (exact) mass is 265 g/mol. The molecule has 2 amide bonds. The lowest BCUT2D eigenvalue weighted by molar-refractivity contribution is -0.135. The third kappa shape index (κ3) is 3.08. The molecule has 5 heteroatoms. The molecular weight excluding hydrogens is 242 g/mol. The number of hydrogen-bond acceptors (Lipinski definition) is 3. The van der Waals surface area contributed by atoms with Gasteiger partial charge in [-0.2, -0.15) is 0 Å². The van der Waals surface area contributed by atoms with Crippen molar-refractivity contribution in [1.82, 2.24) is 15.5 Å². The summed E-state index contributed by atoms with van der Waals surface area (Å²) in [5, 5.41) is 6.22. The van der Waals surface area contributed by atoms with Gasteiger partial charge in [-0.1, -0.05) is 0 Å². The molecule has 0 radical (unpaired) electrons. The van der Waals surface area contributed by atoms with E-state index < -0.39 is 0 Å². The third-order valence-corrected chi connectivity index (χ3v) is 4.42. The Labute approximate surface area is 114 Å². The minimum Gasteiger partial charge on any atom is -0.344 e. The van der Waals surface area contributed by atoms with E-state index in [1.807, 2.05) is 4.90 Å². The SMILES string of the molecule is O=C1CC[C@@H](C(=O)N(CC2CCCNC2)C2CC2)N1. The molecule has 19 heavy (non-hydrogen) atoms. The van der Waals surface area contributed by atoms with Gasteiger partial charge in [-0.15, -0.1) is 0 Å². The summed E-state index contributed by atoms with van der Waals surface area (Å²) in [6.07, 6.45) is 5.85. The Morgan fingerprint density at radius 2 is 2.11 bits per heavy atom. The first-order chi connectivity index (χ1) is 9.24. The van der Waals surface area contributed by atoms with E-state index in [0.717, 1.165) is 32.5 Å². The fraction of sp³-hybridized carbons (Fsp3) is 0.857. The van der Waals surface area contributed by atoms with Gasteiger partial charge < -0.3 is 15.5 Å². The molecule has 3 rings (SSSR count). The van der Waals surface area contributed by atoms with E-state index in [1.165, 1.54) is 12.8 Å². The molecule has 2 atom stereocenters. The second-order valence-corrected chi connectivity index (χ2v) is 6.09. The van der Waals surface area contributed by atoms with Crippen LogP contribution in [0.4, 0.5) is 0 Å². The average molecular weight is 265 g/mol. The Hall–Kier alpha value is -1.10. The van der Waals surface area contributed by atoms with Crippen LogP contribution in [-0.4, -0.2) is 48.4 Å². The number of carbonyl (C=O) groups excluding carboxylic acids is 2. The zero-order valence-electron chi connectivity index (χ0n) is 11.4. The summed E-state index contributed by atoms with van der Waals surface area (Å²) in [4.78, 5) is 25.9. The Balaban J connectivity index is 1.60. The molecule has 0 spiro atoms. The first-order valence-electron chi connectivity index (χ1n) is 7.54. The van der Waals surface area contributed by atoms with Crippen LogP contribution in [0.5, 0.6) is 0 Å². The number of rotatable bonds is 4. The molecule has 0 aromatic carbocycles. The third-order valence-electron chi connectivity index (χ3n) is 4.42. The molecule has 1 aliphatic carbocycles. The maximum atomic E-state index is 12.5. The Morgan fingerprint density at radius 1 is 1.26 bits per heavy atom. The van der Waals surface area contributed by atoms with E-state index in [9.17, 15) is 9.59 Å². The van der Waals surface area contributed by atoms with Gasteiger partial charge in [-0.05, 0) is 51.1 Å². The van der Waals surface area contributed by atoms with Gasteiger partial charge in [-0.3, -0.25) is 9.59 Å². The van der Waals surface area contributed by atoms with Crippen LogP contribution in [0.2, 0.25) is 0 Å². The van der Waals surface area contributed by atoms with Crippen LogP contribution < -0.4 is 10.6 Å². The summed E-state index contributed by atoms with van der Waals surface area (Å²) >= 11 is 0. The molecule has 2 saturated heterocycles. The van der Waals surface area contributed by atoms with E-state index in [0.29, 0.717) is 24.8 Å². The number of nitrogens with one attached hydrogen (secondary N) is 2. The van der Waals surface area contributed by atoms with Crippen LogP contribution in [0.3, 0.4) is 0 Å². The van der Waals surface area contributed by atoms with E-state index in [1.54, 1.807) is 0 Å². The highest BCUT2D eigenvalue weighted by Gasteiger charge is 2.39. The summed E-state index contributed by atoms with van der Waals surface area (Å²) in [7, 11) is 0. The van der Waals surface area contributed by atoms with Gasteiger partial charge in [0, 0.05) is 19.0 Å². The van der Waals surface area contributed by atoms with Gasteiger partial charge in [0.15, 0.2) is 0 Å². The first-order valence-corrected chi connectivity index (χ1v) is 7.54. The molecule has 106 valence electrons. The largest absolute Gasteiger partial charge is 0.344 e. The molecule has 3 fully saturated rings. The fourth-order valence-corrected chi connectivity index (χ4v) is 3.16. The lowest BCUT2D eigenvalue weighted by atomic mass is 9.98. The predicted molar refractivity (Wildman–Crippen MR) is 71.5 cm³/mol. The summed E-state index contributed by atoms with van der Waals surface area (Å²) in [5.41, 5.74) is 0. The molecule has 3 aliphatic rings. The highest BCUT2D eigenvalue weighted by molar-refractivity contribution is 5.91. The molecule has 5 nitrogen and oxygen atoms in total. The summed E-state index contributed by atoms with van der Waals surface area (Å²) in [5.74, 6) is 0.753. The van der Waals surface area contributed by atoms with E-state index in [4.69, 9.17) is 0 Å². The van der Waals surface area contributed by atoms with E-state index in [2.05, 4.69) is 10.6 Å². The Kier molecular flexibility index (Phi) is 3.73. The van der Waals surface area contributed by atoms with Gasteiger partial charge in [0.2, 0.25) is 11.8 Å². The van der Waals surface area contributed by atoms with Gasteiger partial charge in [0.1, 0.15) is 6.04 Å². The van der Waals surface area contributed by atoms with Crippen LogP contribution in [0, 0.1) is 5.92 Å². The van der Waals surface area contributed by atoms with Crippen LogP contribution in [0.25, 0.3) is 0 Å². The summed E-state index contributed by atoms with van der Waals surface area (Å²) < 4.78 is 0. The second kappa shape index (κ2) is 5.49. The maximum absolute atomic E-state index is 12.5. The Morgan fingerprint density at radius 3 is 2.68 bits per heavy atom. The first kappa shape index (κ1) is 12.9. The normalized spacial score (nSPS) is 31.1. The van der Waals surface area contributed by atoms with Gasteiger partial charge in [0.25, 0.3) is 0 Å². The summed E-state index contributed by atoms with van der Waals surface area (Å²) in [6, 6.07) is 0.177. The zero-order valence-corrected chi connectivity index (χ0v) is 11.4. The molecule has 0 bridgehead atoms. The van der Waals surface area contributed by atoms with Crippen LogP contribution in [0.15, 0.2) is 0 Å². The van der Waals surface area contributed by atoms with E-state index >= 15 is 0 Å². The van der Waals surface area contributed by atoms with Crippen molar-refractivity contribution >= 4 is 11.8 Å². The van der Waals surface area contributed by atoms with Crippen LogP contribution in [-0.2, 0) is 9.59 Å². The van der Waals surface area contributed by atoms with Crippen molar-refractivity contribution in [2.75, 3.05) is 19.6 Å². The maximum Gasteiger partial charge on any atom is 0.245 e. The van der Waals surface area contributed by atoms with Gasteiger partial charge in [-0.25, -0.2) is 0 Å². The standard InChI is InChI=1S/C14H23N3O2/c18-13-6-5-12(16-13)14(19)17(11-3-4-11)9-10-2-1-7-15-8-10/h10-12,15H,1-9H2,(H,16,18)/t10?,12-/m0/s1. The number of amides is 2. The molecule has 0 aromatic heterocycles. The quantitative estimate of drug-likeness (QED) is 0.766. The van der Waals surface area contributed by atoms with Crippen molar-refractivity contribution in [2.45, 2.75) is 50.6 Å². The van der Waals surface area contributed by atoms with Crippen molar-refractivity contribution in [1.29, 1.82) is 0 Å². The minimum absolute atomic E-state index is 0.0217. The smallest absolute Gasteiger partial charge is 0.245 e. The lowest BCUT2D eigenvalue weighted by Crippen LogP contribution is -2.48. The highest BCUT2D eigenvalue weighted by Crippen LogP contribution is 2.30. The molecule has 2 heterocycles. The van der Waals surface area contributed by atoms with Crippen molar-refractivity contribution in [3.8, 4) is 0 Å². The molecule has 2 N–H and O–H groups in total. The second-order valence-electron chi connectivity index (χ2n) is 6.09. The topological polar surface area (TPSA) is 61.4 Å². The van der Waals surface area contributed by atoms with Gasteiger partial charge in [0.05, 0.1) is 0 Å². The highest BCUT2D eigenvalue weighted by atomic mass is 16.2. The van der Waals surface area contributed by atoms with Crippen LogP contribution >= 0.6 is 0 Å². The molecule has 0 aromatic rings. The number of piperidine rings is 1. The average Bonchev–Trinajstić information content (AvgIpc) is 3.18. The van der Waals surface area contributed by atoms with Gasteiger partial charge >= 0.3 is 0 Å². The molecule has 1 unspecified atom stereocenters. The Bertz CT molecular complexity index is 362. The number of hydrogen-bond donors (Lipinski definition) is 2. The van der Waals surface area contributed by atoms with Crippen molar-refractivity contribution < 1.29 is 9.59 Å². The summed E-state index contributed by atoms with van der Waals surface area (Å²) in [6.45, 7) is 2.99. The fourth-order valence-electron chi connectivity index (χ4n) is 3.16. The van der Waals surface area contributed by atoms with E-state index in [-0.39, 0.29) is 17.9 Å². The molecule has 2 aliphatic heterocycles. The van der Waals surface area contributed by atoms with Crippen molar-refractivity contribution in [2.24, 2.45) is 5.92 Å². The minimum atomic E-state index is -0.260. The molecule has 1 saturated carbocycles. The molecular formula is C14H23N3O2. The van der Waals surface area contributed by atoms with Crippen molar-refractivity contribution in [3.05, 3.63) is 0 Å². The van der Waals surface area contributed by atoms with Crippen molar-refractivity contribution in [3.63, 3.8) is 0 Å². The number of carbonyl (C=O) groups is 2. The predicted octanol–water partition coefficient (Wildman–Crippen LogP) is 0.256. The van der Waals surface area contributed by atoms with Crippen LogP contribution in [0.1, 0.15) is 38.5 Å². The zero-order chi connectivity index (χ0) is 13.2. The lowest BCUT2D eigenvalue weighted by Gasteiger charge is -2.31. The number of nitrogens with zero attached hydrogens (tertiary/aromatic N) is 1.